The summed E-state index contributed by atoms with van der Waals surface area (Å²) in [6, 6.07) is 12.2. The lowest BCUT2D eigenvalue weighted by molar-refractivity contribution is -0.140. The molecular weight excluding hydrogens is 580 g/mol. The molecule has 43 heavy (non-hydrogen) atoms. The summed E-state index contributed by atoms with van der Waals surface area (Å²) < 4.78 is 72.1. The number of para-hydroxylation sites is 1. The van der Waals surface area contributed by atoms with Gasteiger partial charge in [-0.15, -0.1) is 0 Å². The minimum Gasteiger partial charge on any atom is -0.492 e. The van der Waals surface area contributed by atoms with Crippen molar-refractivity contribution in [3.63, 3.8) is 0 Å². The molecule has 0 fully saturated rings. The van der Waals surface area contributed by atoms with Gasteiger partial charge in [-0.05, 0) is 43.2 Å². The first-order valence-electron chi connectivity index (χ1n) is 13.3. The van der Waals surface area contributed by atoms with Crippen LogP contribution in [0.3, 0.4) is 0 Å². The number of carbonyl (C=O) groups is 1. The van der Waals surface area contributed by atoms with Crippen molar-refractivity contribution in [1.82, 2.24) is 15.0 Å². The third kappa shape index (κ3) is 5.01. The van der Waals surface area contributed by atoms with Gasteiger partial charge in [0.15, 0.2) is 21.4 Å². The van der Waals surface area contributed by atoms with Gasteiger partial charge in [-0.2, -0.15) is 0 Å². The predicted molar refractivity (Wildman–Crippen MR) is 154 cm³/mol. The zero-order valence-corrected chi connectivity index (χ0v) is 24.3. The van der Waals surface area contributed by atoms with E-state index < -0.39 is 32.6 Å². The minimum atomic E-state index is -3.91. The number of nitrogens with zero attached hydrogens (tertiary/aromatic N) is 1. The largest absolute Gasteiger partial charge is 0.492 e. The number of methoxy groups -OCH3 is 1. The zero-order chi connectivity index (χ0) is 30.5. The Morgan fingerprint density at radius 1 is 1.14 bits per heavy atom. The smallest absolute Gasteiger partial charge is 0.305 e. The van der Waals surface area contributed by atoms with Crippen molar-refractivity contribution in [3.8, 4) is 28.6 Å². The number of halogens is 2. The van der Waals surface area contributed by atoms with Gasteiger partial charge in [-0.3, -0.25) is 4.79 Å². The first kappa shape index (κ1) is 28.4. The van der Waals surface area contributed by atoms with Gasteiger partial charge >= 0.3 is 5.97 Å². The lowest BCUT2D eigenvalue weighted by atomic mass is 9.81. The van der Waals surface area contributed by atoms with Crippen molar-refractivity contribution >= 4 is 26.7 Å². The number of esters is 1. The zero-order valence-electron chi connectivity index (χ0n) is 23.5. The van der Waals surface area contributed by atoms with Crippen molar-refractivity contribution in [3.05, 3.63) is 89.4 Å². The van der Waals surface area contributed by atoms with Crippen LogP contribution in [-0.4, -0.2) is 49.3 Å². The van der Waals surface area contributed by atoms with Crippen LogP contribution in [-0.2, 0) is 31.2 Å². The Bertz CT molecular complexity index is 2000. The first-order chi connectivity index (χ1) is 20.5. The molecule has 0 spiro atoms. The van der Waals surface area contributed by atoms with Crippen LogP contribution in [0.4, 0.5) is 8.78 Å². The van der Waals surface area contributed by atoms with Gasteiger partial charge in [0, 0.05) is 53.3 Å². The highest BCUT2D eigenvalue weighted by molar-refractivity contribution is 7.91. The summed E-state index contributed by atoms with van der Waals surface area (Å²) in [4.78, 5) is 21.8. The number of nitrogens with one attached hydrogen (secondary N) is 2. The molecule has 0 amide bonds. The summed E-state index contributed by atoms with van der Waals surface area (Å²) in [6.45, 7) is 2.27. The van der Waals surface area contributed by atoms with E-state index in [0.717, 1.165) is 29.5 Å². The third-order valence-electron chi connectivity index (χ3n) is 7.69. The minimum absolute atomic E-state index is 0.0176. The molecule has 2 N–H and O–H groups in total. The van der Waals surface area contributed by atoms with Crippen molar-refractivity contribution in [2.24, 2.45) is 0 Å². The van der Waals surface area contributed by atoms with Crippen LogP contribution >= 0.6 is 0 Å². The number of H-pyrrole nitrogens is 2. The fourth-order valence-electron chi connectivity index (χ4n) is 5.43. The van der Waals surface area contributed by atoms with Crippen LogP contribution in [0.5, 0.6) is 17.2 Å². The van der Waals surface area contributed by atoms with Gasteiger partial charge in [0.25, 0.3) is 0 Å². The second-order valence-corrected chi connectivity index (χ2v) is 12.6. The first-order valence-corrected chi connectivity index (χ1v) is 15.2. The number of rotatable bonds is 8. The number of benzene rings is 3. The normalized spacial score (nSPS) is 16.2. The van der Waals surface area contributed by atoms with Crippen LogP contribution in [0.2, 0.25) is 0 Å². The maximum Gasteiger partial charge on any atom is 0.305 e. The lowest BCUT2D eigenvalue weighted by Gasteiger charge is -2.21. The number of carbonyl (C=O) groups excluding carboxylic acids is 1. The quantitative estimate of drug-likeness (QED) is 0.213. The standard InChI is InChI=1S/C31H27F2N3O6S/c1-31(16-41-27-17(5-4-6-21(27)31)7-10-26(37)40-2)25-15-35-30(36-25)20-13-18(8-9-22(20)32)42-28-23(33)14-24-19(11-12-34-24)29(28)43(3,38)39/h4-6,8-9,11-15,34H,7,10,16H2,1-3H3,(H,35,36). The van der Waals surface area contributed by atoms with Crippen molar-refractivity contribution in [2.45, 2.75) is 30.1 Å². The van der Waals surface area contributed by atoms with Gasteiger partial charge in [-0.25, -0.2) is 22.2 Å². The molecule has 1 aliphatic heterocycles. The van der Waals surface area contributed by atoms with Crippen LogP contribution < -0.4 is 9.47 Å². The summed E-state index contributed by atoms with van der Waals surface area (Å²) in [5, 5.41) is 0.276. The van der Waals surface area contributed by atoms with Gasteiger partial charge in [0.2, 0.25) is 0 Å². The molecule has 3 heterocycles. The average molecular weight is 608 g/mol. The molecule has 1 unspecified atom stereocenters. The summed E-state index contributed by atoms with van der Waals surface area (Å²) in [7, 11) is -2.56. The molecule has 0 saturated heterocycles. The Morgan fingerprint density at radius 3 is 2.72 bits per heavy atom. The van der Waals surface area contributed by atoms with Crippen molar-refractivity contribution in [2.75, 3.05) is 20.0 Å². The highest BCUT2D eigenvalue weighted by atomic mass is 32.2. The molecule has 0 bridgehead atoms. The maximum atomic E-state index is 15.1. The molecule has 9 nitrogen and oxygen atoms in total. The van der Waals surface area contributed by atoms with Crippen molar-refractivity contribution < 1.29 is 36.2 Å². The third-order valence-corrected chi connectivity index (χ3v) is 8.84. The monoisotopic (exact) mass is 607 g/mol. The van der Waals surface area contributed by atoms with E-state index in [9.17, 15) is 13.2 Å². The summed E-state index contributed by atoms with van der Waals surface area (Å²) in [6.07, 6.45) is 4.74. The average Bonchev–Trinajstić information content (AvgIpc) is 3.72. The second-order valence-electron chi connectivity index (χ2n) is 10.6. The van der Waals surface area contributed by atoms with Crippen LogP contribution in [0.15, 0.2) is 65.8 Å². The number of ether oxygens (including phenoxy) is 3. The molecule has 3 aromatic carbocycles. The number of sulfone groups is 1. The van der Waals surface area contributed by atoms with E-state index in [1.54, 1.807) is 6.20 Å². The Morgan fingerprint density at radius 2 is 1.95 bits per heavy atom. The lowest BCUT2D eigenvalue weighted by Crippen LogP contribution is -2.25. The van der Waals surface area contributed by atoms with Gasteiger partial charge in [-0.1, -0.05) is 18.2 Å². The number of aryl methyl sites for hydroxylation is 1. The number of hydrogen-bond donors (Lipinski definition) is 2. The molecule has 0 radical (unpaired) electrons. The fraction of sp³-hybridized carbons (Fsp3) is 0.226. The Kier molecular flexibility index (Phi) is 6.96. The van der Waals surface area contributed by atoms with E-state index in [1.165, 1.54) is 31.5 Å². The van der Waals surface area contributed by atoms with Gasteiger partial charge in [0.05, 0.1) is 18.1 Å². The highest BCUT2D eigenvalue weighted by Crippen LogP contribution is 2.45. The van der Waals surface area contributed by atoms with Gasteiger partial charge in [0.1, 0.15) is 34.6 Å². The number of hydrogen-bond acceptors (Lipinski definition) is 7. The molecule has 12 heteroatoms. The van der Waals surface area contributed by atoms with E-state index >= 15 is 8.78 Å². The highest BCUT2D eigenvalue weighted by Gasteiger charge is 2.40. The van der Waals surface area contributed by atoms with E-state index in [1.807, 2.05) is 25.1 Å². The summed E-state index contributed by atoms with van der Waals surface area (Å²) in [5.74, 6) is -1.40. The van der Waals surface area contributed by atoms with Crippen LogP contribution in [0.25, 0.3) is 22.3 Å². The van der Waals surface area contributed by atoms with E-state index in [2.05, 4.69) is 15.0 Å². The second kappa shape index (κ2) is 10.5. The Balaban J connectivity index is 1.33. The fourth-order valence-corrected chi connectivity index (χ4v) is 6.49. The SMILES string of the molecule is COC(=O)CCc1cccc2c1OCC2(C)c1cnc(-c2cc(Oc3c(F)cc4[nH]ccc4c3S(C)(=O)=O)ccc2F)[nH]1. The van der Waals surface area contributed by atoms with E-state index in [-0.39, 0.29) is 39.8 Å². The summed E-state index contributed by atoms with van der Waals surface area (Å²) >= 11 is 0. The van der Waals surface area contributed by atoms with E-state index in [4.69, 9.17) is 14.2 Å². The molecule has 0 saturated carbocycles. The number of imidazole rings is 1. The molecule has 1 atom stereocenters. The molecule has 2 aromatic heterocycles. The predicted octanol–water partition coefficient (Wildman–Crippen LogP) is 5.84. The Hall–Kier alpha value is -4.71. The topological polar surface area (TPSA) is 123 Å². The molecule has 0 aliphatic carbocycles. The van der Waals surface area contributed by atoms with Gasteiger partial charge < -0.3 is 24.2 Å². The molecular formula is C31H27F2N3O6S. The maximum absolute atomic E-state index is 15.1. The molecule has 1 aliphatic rings. The molecule has 6 rings (SSSR count). The van der Waals surface area contributed by atoms with Crippen LogP contribution in [0, 0.1) is 11.6 Å². The summed E-state index contributed by atoms with van der Waals surface area (Å²) in [5.41, 5.74) is 2.14. The number of aromatic nitrogens is 3. The number of fused-ring (bicyclic) bond motifs is 2. The Labute approximate surface area is 245 Å². The van der Waals surface area contributed by atoms with Crippen molar-refractivity contribution in [1.29, 1.82) is 0 Å². The molecule has 222 valence electrons. The van der Waals surface area contributed by atoms with E-state index in [0.29, 0.717) is 30.0 Å². The number of aromatic amines is 2. The molecule has 5 aromatic rings. The van der Waals surface area contributed by atoms with Crippen LogP contribution in [0.1, 0.15) is 30.2 Å².